The first-order valence-corrected chi connectivity index (χ1v) is 4.80. The molecule has 0 bridgehead atoms. The van der Waals surface area contributed by atoms with E-state index in [0.29, 0.717) is 0 Å². The molecule has 1 rings (SSSR count). The number of ether oxygens (including phenoxy) is 3. The van der Waals surface area contributed by atoms with E-state index < -0.39 is 36.2 Å². The Morgan fingerprint density at radius 2 is 2.00 bits per heavy atom. The van der Waals surface area contributed by atoms with Gasteiger partial charge in [0.1, 0.15) is 18.0 Å². The Hall–Kier alpha value is -2.06. The molecule has 0 aliphatic heterocycles. The quantitative estimate of drug-likeness (QED) is 0.626. The molecule has 0 radical (unpaired) electrons. The summed E-state index contributed by atoms with van der Waals surface area (Å²) in [6.07, 6.45) is -4.28. The number of halogens is 4. The summed E-state index contributed by atoms with van der Waals surface area (Å²) >= 11 is 0. The van der Waals surface area contributed by atoms with Gasteiger partial charge in [0.15, 0.2) is 0 Å². The fourth-order valence-corrected chi connectivity index (χ4v) is 1.32. The van der Waals surface area contributed by atoms with Gasteiger partial charge < -0.3 is 14.2 Å². The summed E-state index contributed by atoms with van der Waals surface area (Å²) in [5, 5.41) is 0. The molecule has 0 unspecified atom stereocenters. The van der Waals surface area contributed by atoms with E-state index in [2.05, 4.69) is 14.5 Å². The number of alkyl halides is 4. The predicted octanol–water partition coefficient (Wildman–Crippen LogP) is 2.24. The Morgan fingerprint density at radius 1 is 1.37 bits per heavy atom. The number of methoxy groups -OCH3 is 2. The van der Waals surface area contributed by atoms with Gasteiger partial charge >= 0.3 is 12.3 Å². The zero-order valence-corrected chi connectivity index (χ0v) is 9.88. The minimum atomic E-state index is -5.03. The van der Waals surface area contributed by atoms with Crippen molar-refractivity contribution >= 4 is 5.97 Å². The second kappa shape index (κ2) is 5.72. The van der Waals surface area contributed by atoms with Crippen molar-refractivity contribution in [2.75, 3.05) is 14.2 Å². The maximum absolute atomic E-state index is 12.8. The standard InChI is InChI=1S/C10H9F4NO4/c1-17-7-5(3-11)8(19-10(12,13)14)15-4-6(7)9(16)18-2/h4H,3H2,1-2H3. The first-order chi connectivity index (χ1) is 8.84. The molecular formula is C10H9F4NO4. The first kappa shape index (κ1) is 15.0. The summed E-state index contributed by atoms with van der Waals surface area (Å²) in [7, 11) is 2.12. The number of rotatable bonds is 4. The smallest absolute Gasteiger partial charge is 0.495 e. The number of pyridine rings is 1. The van der Waals surface area contributed by atoms with Crippen LogP contribution in [0.25, 0.3) is 0 Å². The van der Waals surface area contributed by atoms with Crippen LogP contribution in [0.5, 0.6) is 11.6 Å². The summed E-state index contributed by atoms with van der Waals surface area (Å²) in [5.74, 6) is -2.35. The normalized spacial score (nSPS) is 11.1. The molecule has 19 heavy (non-hydrogen) atoms. The predicted molar refractivity (Wildman–Crippen MR) is 53.6 cm³/mol. The van der Waals surface area contributed by atoms with Crippen LogP contribution in [0.2, 0.25) is 0 Å². The molecule has 1 aromatic heterocycles. The van der Waals surface area contributed by atoms with E-state index >= 15 is 0 Å². The summed E-state index contributed by atoms with van der Waals surface area (Å²) in [6, 6.07) is 0. The third-order valence-electron chi connectivity index (χ3n) is 2.04. The second-order valence-corrected chi connectivity index (χ2v) is 3.16. The van der Waals surface area contributed by atoms with Crippen molar-refractivity contribution in [1.29, 1.82) is 0 Å². The average Bonchev–Trinajstić information content (AvgIpc) is 2.35. The van der Waals surface area contributed by atoms with Gasteiger partial charge in [0.05, 0.1) is 19.8 Å². The molecule has 0 saturated heterocycles. The number of esters is 1. The summed E-state index contributed by atoms with van der Waals surface area (Å²) in [6.45, 7) is -1.35. The van der Waals surface area contributed by atoms with Crippen molar-refractivity contribution in [1.82, 2.24) is 4.98 Å². The zero-order valence-electron chi connectivity index (χ0n) is 9.88. The van der Waals surface area contributed by atoms with Gasteiger partial charge in [-0.15, -0.1) is 13.2 Å². The maximum Gasteiger partial charge on any atom is 0.574 e. The molecule has 0 amide bonds. The zero-order chi connectivity index (χ0) is 14.6. The van der Waals surface area contributed by atoms with E-state index in [0.717, 1.165) is 20.4 Å². The van der Waals surface area contributed by atoms with E-state index in [1.54, 1.807) is 0 Å². The maximum atomic E-state index is 12.8. The molecule has 0 aliphatic rings. The monoisotopic (exact) mass is 283 g/mol. The van der Waals surface area contributed by atoms with Gasteiger partial charge in [-0.3, -0.25) is 0 Å². The topological polar surface area (TPSA) is 57.7 Å². The molecule has 1 aromatic rings. The Labute approximate surface area is 105 Å². The van der Waals surface area contributed by atoms with Gasteiger partial charge in [0, 0.05) is 6.20 Å². The molecule has 0 aromatic carbocycles. The summed E-state index contributed by atoms with van der Waals surface area (Å²) < 4.78 is 61.8. The lowest BCUT2D eigenvalue weighted by atomic mass is 10.1. The van der Waals surface area contributed by atoms with Crippen LogP contribution < -0.4 is 9.47 Å². The molecule has 106 valence electrons. The SMILES string of the molecule is COC(=O)c1cnc(OC(F)(F)F)c(CF)c1OC. The molecule has 0 fully saturated rings. The largest absolute Gasteiger partial charge is 0.574 e. The van der Waals surface area contributed by atoms with Crippen molar-refractivity contribution in [3.05, 3.63) is 17.3 Å². The van der Waals surface area contributed by atoms with Gasteiger partial charge in [0.25, 0.3) is 0 Å². The fraction of sp³-hybridized carbons (Fsp3) is 0.400. The van der Waals surface area contributed by atoms with Gasteiger partial charge in [-0.1, -0.05) is 0 Å². The van der Waals surface area contributed by atoms with Crippen molar-refractivity contribution in [2.45, 2.75) is 13.0 Å². The highest BCUT2D eigenvalue weighted by Crippen LogP contribution is 2.34. The average molecular weight is 283 g/mol. The lowest BCUT2D eigenvalue weighted by Gasteiger charge is -2.15. The van der Waals surface area contributed by atoms with E-state index in [1.807, 2.05) is 0 Å². The third kappa shape index (κ3) is 3.46. The van der Waals surface area contributed by atoms with Crippen LogP contribution in [0.1, 0.15) is 15.9 Å². The Bertz CT molecular complexity index is 475. The highest BCUT2D eigenvalue weighted by Gasteiger charge is 2.34. The van der Waals surface area contributed by atoms with E-state index in [4.69, 9.17) is 4.74 Å². The van der Waals surface area contributed by atoms with Crippen molar-refractivity contribution < 1.29 is 36.6 Å². The van der Waals surface area contributed by atoms with E-state index in [1.165, 1.54) is 0 Å². The van der Waals surface area contributed by atoms with Gasteiger partial charge in [0.2, 0.25) is 5.88 Å². The second-order valence-electron chi connectivity index (χ2n) is 3.16. The van der Waals surface area contributed by atoms with Crippen LogP contribution >= 0.6 is 0 Å². The van der Waals surface area contributed by atoms with E-state index in [9.17, 15) is 22.4 Å². The van der Waals surface area contributed by atoms with Crippen LogP contribution in [0.15, 0.2) is 6.20 Å². The minimum Gasteiger partial charge on any atom is -0.495 e. The molecule has 0 N–H and O–H groups in total. The van der Waals surface area contributed by atoms with Gasteiger partial charge in [-0.05, 0) is 0 Å². The van der Waals surface area contributed by atoms with Crippen LogP contribution in [0, 0.1) is 0 Å². The van der Waals surface area contributed by atoms with Gasteiger partial charge in [-0.25, -0.2) is 14.2 Å². The highest BCUT2D eigenvalue weighted by molar-refractivity contribution is 5.92. The molecule has 0 spiro atoms. The van der Waals surface area contributed by atoms with Crippen molar-refractivity contribution in [2.24, 2.45) is 0 Å². The molecule has 0 atom stereocenters. The Kier molecular flexibility index (Phi) is 4.52. The third-order valence-corrected chi connectivity index (χ3v) is 2.04. The van der Waals surface area contributed by atoms with Crippen molar-refractivity contribution in [3.8, 4) is 11.6 Å². The minimum absolute atomic E-state index is 0.299. The number of hydrogen-bond acceptors (Lipinski definition) is 5. The molecule has 1 heterocycles. The molecular weight excluding hydrogens is 274 g/mol. The molecule has 0 saturated carbocycles. The molecule has 0 aliphatic carbocycles. The van der Waals surface area contributed by atoms with Crippen LogP contribution in [0.4, 0.5) is 17.6 Å². The number of carbonyl (C=O) groups is 1. The van der Waals surface area contributed by atoms with Crippen molar-refractivity contribution in [3.63, 3.8) is 0 Å². The fourth-order valence-electron chi connectivity index (χ4n) is 1.32. The molecule has 9 heteroatoms. The lowest BCUT2D eigenvalue weighted by Crippen LogP contribution is -2.20. The summed E-state index contributed by atoms with van der Waals surface area (Å²) in [4.78, 5) is 14.6. The molecule has 5 nitrogen and oxygen atoms in total. The van der Waals surface area contributed by atoms with Crippen LogP contribution in [-0.2, 0) is 11.4 Å². The Balaban J connectivity index is 3.34. The van der Waals surface area contributed by atoms with Crippen LogP contribution in [-0.4, -0.2) is 31.5 Å². The number of hydrogen-bond donors (Lipinski definition) is 0. The first-order valence-electron chi connectivity index (χ1n) is 4.80. The number of aromatic nitrogens is 1. The lowest BCUT2D eigenvalue weighted by molar-refractivity contribution is -0.276. The van der Waals surface area contributed by atoms with Gasteiger partial charge in [-0.2, -0.15) is 0 Å². The number of carbonyl (C=O) groups excluding carboxylic acids is 1. The highest BCUT2D eigenvalue weighted by atomic mass is 19.4. The van der Waals surface area contributed by atoms with Crippen LogP contribution in [0.3, 0.4) is 0 Å². The summed E-state index contributed by atoms with van der Waals surface area (Å²) in [5.41, 5.74) is -0.921. The number of nitrogens with zero attached hydrogens (tertiary/aromatic N) is 1. The van der Waals surface area contributed by atoms with E-state index in [-0.39, 0.29) is 5.56 Å². The Morgan fingerprint density at radius 3 is 2.42 bits per heavy atom.